The molecule has 2 N–H and O–H groups in total. The van der Waals surface area contributed by atoms with Crippen molar-refractivity contribution in [3.05, 3.63) is 41.5 Å². The Bertz CT molecular complexity index is 623. The summed E-state index contributed by atoms with van der Waals surface area (Å²) in [6.07, 6.45) is 4.56. The van der Waals surface area contributed by atoms with Crippen LogP contribution in [0.3, 0.4) is 0 Å². The highest BCUT2D eigenvalue weighted by Gasteiger charge is 2.34. The van der Waals surface area contributed by atoms with Crippen LogP contribution in [0.2, 0.25) is 0 Å². The second-order valence-electron chi connectivity index (χ2n) is 5.97. The number of hydrogen-bond donors (Lipinski definition) is 2. The molecule has 1 aromatic rings. The fraction of sp³-hybridized carbons (Fsp3) is 0.444. The number of carbonyl (C=O) groups is 2. The van der Waals surface area contributed by atoms with Crippen LogP contribution in [0.5, 0.6) is 5.75 Å². The van der Waals surface area contributed by atoms with Crippen molar-refractivity contribution in [1.82, 2.24) is 5.32 Å². The normalized spacial score (nSPS) is 21.5. The highest BCUT2D eigenvalue weighted by molar-refractivity contribution is 5.85. The minimum absolute atomic E-state index is 0.224. The molecule has 124 valence electrons. The van der Waals surface area contributed by atoms with Gasteiger partial charge in [0.1, 0.15) is 5.75 Å². The zero-order valence-corrected chi connectivity index (χ0v) is 13.7. The molecule has 0 aromatic heterocycles. The van der Waals surface area contributed by atoms with E-state index in [2.05, 4.69) is 5.32 Å². The average Bonchev–Trinajstić information content (AvgIpc) is 2.54. The molecular formula is C18H23NO4. The van der Waals surface area contributed by atoms with Gasteiger partial charge in [-0.2, -0.15) is 0 Å². The van der Waals surface area contributed by atoms with Gasteiger partial charge in [-0.05, 0) is 32.8 Å². The minimum atomic E-state index is -0.921. The fourth-order valence-corrected chi connectivity index (χ4v) is 2.97. The molecule has 1 aromatic carbocycles. The Hall–Kier alpha value is -2.30. The number of benzene rings is 1. The van der Waals surface area contributed by atoms with Gasteiger partial charge < -0.3 is 15.2 Å². The molecule has 1 aliphatic carbocycles. The van der Waals surface area contributed by atoms with E-state index in [1.807, 2.05) is 44.2 Å². The Morgan fingerprint density at radius 2 is 1.91 bits per heavy atom. The summed E-state index contributed by atoms with van der Waals surface area (Å²) in [7, 11) is 1.59. The zero-order valence-electron chi connectivity index (χ0n) is 13.7. The molecule has 0 saturated carbocycles. The van der Waals surface area contributed by atoms with Crippen LogP contribution in [0.1, 0.15) is 36.9 Å². The Morgan fingerprint density at radius 3 is 2.52 bits per heavy atom. The van der Waals surface area contributed by atoms with Gasteiger partial charge in [0.2, 0.25) is 5.91 Å². The van der Waals surface area contributed by atoms with Crippen molar-refractivity contribution in [3.8, 4) is 5.75 Å². The summed E-state index contributed by atoms with van der Waals surface area (Å²) in [6, 6.07) is 5.54. The molecule has 0 heterocycles. The molecule has 0 bridgehead atoms. The molecule has 0 saturated heterocycles. The number of carboxylic acid groups (broad SMARTS) is 1. The van der Waals surface area contributed by atoms with Gasteiger partial charge in [0.05, 0.1) is 25.0 Å². The van der Waals surface area contributed by atoms with Gasteiger partial charge in [0.15, 0.2) is 0 Å². The van der Waals surface area contributed by atoms with Crippen molar-refractivity contribution in [2.45, 2.75) is 32.7 Å². The van der Waals surface area contributed by atoms with E-state index in [0.717, 1.165) is 11.1 Å². The number of aryl methyl sites for hydroxylation is 1. The number of carboxylic acids is 1. The molecule has 0 radical (unpaired) electrons. The van der Waals surface area contributed by atoms with Crippen molar-refractivity contribution < 1.29 is 19.4 Å². The smallest absolute Gasteiger partial charge is 0.307 e. The summed E-state index contributed by atoms with van der Waals surface area (Å²) in [4.78, 5) is 23.9. The van der Waals surface area contributed by atoms with Crippen LogP contribution < -0.4 is 10.1 Å². The van der Waals surface area contributed by atoms with Crippen LogP contribution >= 0.6 is 0 Å². The van der Waals surface area contributed by atoms with Gasteiger partial charge in [-0.25, -0.2) is 0 Å². The highest BCUT2D eigenvalue weighted by Crippen LogP contribution is 2.29. The Kier molecular flexibility index (Phi) is 5.42. The van der Waals surface area contributed by atoms with Gasteiger partial charge in [-0.1, -0.05) is 29.8 Å². The van der Waals surface area contributed by atoms with E-state index in [4.69, 9.17) is 4.74 Å². The van der Waals surface area contributed by atoms with Crippen LogP contribution in [0.4, 0.5) is 0 Å². The number of methoxy groups -OCH3 is 1. The van der Waals surface area contributed by atoms with Gasteiger partial charge in [-0.15, -0.1) is 0 Å². The van der Waals surface area contributed by atoms with Crippen LogP contribution in [0, 0.1) is 18.8 Å². The first kappa shape index (κ1) is 17.1. The SMILES string of the molecule is COc1ccc(C)cc1C(C)NC(=O)C1CC=CCC1C(=O)O. The van der Waals surface area contributed by atoms with Gasteiger partial charge in [0.25, 0.3) is 0 Å². The molecule has 3 atom stereocenters. The van der Waals surface area contributed by atoms with Crippen molar-refractivity contribution in [2.75, 3.05) is 7.11 Å². The molecule has 0 fully saturated rings. The predicted octanol–water partition coefficient (Wildman–Crippen LogP) is 2.85. The Labute approximate surface area is 136 Å². The number of amides is 1. The van der Waals surface area contributed by atoms with Crippen molar-refractivity contribution in [2.24, 2.45) is 11.8 Å². The number of allylic oxidation sites excluding steroid dienone is 2. The van der Waals surface area contributed by atoms with E-state index in [0.29, 0.717) is 18.6 Å². The summed E-state index contributed by atoms with van der Waals surface area (Å²) in [5.74, 6) is -1.63. The van der Waals surface area contributed by atoms with Crippen LogP contribution in [-0.4, -0.2) is 24.1 Å². The van der Waals surface area contributed by atoms with E-state index in [9.17, 15) is 14.7 Å². The Balaban J connectivity index is 2.14. The molecular weight excluding hydrogens is 294 g/mol. The standard InChI is InChI=1S/C18H23NO4/c1-11-8-9-16(23-3)15(10-11)12(2)19-17(20)13-6-4-5-7-14(13)18(21)22/h4-5,8-10,12-14H,6-7H2,1-3H3,(H,19,20)(H,21,22). The first-order valence-corrected chi connectivity index (χ1v) is 7.76. The third kappa shape index (κ3) is 3.92. The fourth-order valence-electron chi connectivity index (χ4n) is 2.97. The van der Waals surface area contributed by atoms with Crippen LogP contribution in [0.15, 0.2) is 30.4 Å². The predicted molar refractivity (Wildman–Crippen MR) is 87.3 cm³/mol. The van der Waals surface area contributed by atoms with Crippen molar-refractivity contribution in [3.63, 3.8) is 0 Å². The first-order chi connectivity index (χ1) is 10.9. The monoisotopic (exact) mass is 317 g/mol. The van der Waals surface area contributed by atoms with Gasteiger partial charge in [0, 0.05) is 5.56 Å². The molecule has 5 nitrogen and oxygen atoms in total. The van der Waals surface area contributed by atoms with Crippen LogP contribution in [0.25, 0.3) is 0 Å². The number of ether oxygens (including phenoxy) is 1. The number of hydrogen-bond acceptors (Lipinski definition) is 3. The zero-order chi connectivity index (χ0) is 17.0. The summed E-state index contributed by atoms with van der Waals surface area (Å²) in [5.41, 5.74) is 1.96. The van der Waals surface area contributed by atoms with E-state index >= 15 is 0 Å². The van der Waals surface area contributed by atoms with Gasteiger partial charge >= 0.3 is 5.97 Å². The lowest BCUT2D eigenvalue weighted by atomic mass is 9.82. The van der Waals surface area contributed by atoms with E-state index in [-0.39, 0.29) is 11.9 Å². The lowest BCUT2D eigenvalue weighted by Crippen LogP contribution is -2.39. The summed E-state index contributed by atoms with van der Waals surface area (Å²) in [5, 5.41) is 12.2. The summed E-state index contributed by atoms with van der Waals surface area (Å²) >= 11 is 0. The van der Waals surface area contributed by atoms with Gasteiger partial charge in [-0.3, -0.25) is 9.59 Å². The minimum Gasteiger partial charge on any atom is -0.496 e. The topological polar surface area (TPSA) is 75.6 Å². The lowest BCUT2D eigenvalue weighted by molar-refractivity contribution is -0.147. The summed E-state index contributed by atoms with van der Waals surface area (Å²) < 4.78 is 5.35. The molecule has 1 amide bonds. The van der Waals surface area contributed by atoms with E-state index in [1.54, 1.807) is 7.11 Å². The molecule has 3 unspecified atom stereocenters. The molecule has 0 spiro atoms. The number of rotatable bonds is 5. The van der Waals surface area contributed by atoms with Crippen molar-refractivity contribution in [1.29, 1.82) is 0 Å². The third-order valence-electron chi connectivity index (χ3n) is 4.30. The molecule has 2 rings (SSSR count). The molecule has 5 heteroatoms. The highest BCUT2D eigenvalue weighted by atomic mass is 16.5. The second-order valence-corrected chi connectivity index (χ2v) is 5.97. The third-order valence-corrected chi connectivity index (χ3v) is 4.30. The molecule has 1 aliphatic rings. The molecule has 23 heavy (non-hydrogen) atoms. The average molecular weight is 317 g/mol. The van der Waals surface area contributed by atoms with E-state index in [1.165, 1.54) is 0 Å². The lowest BCUT2D eigenvalue weighted by Gasteiger charge is -2.26. The van der Waals surface area contributed by atoms with E-state index < -0.39 is 17.8 Å². The first-order valence-electron chi connectivity index (χ1n) is 7.76. The quantitative estimate of drug-likeness (QED) is 0.819. The number of nitrogens with one attached hydrogen (secondary N) is 1. The number of aliphatic carboxylic acids is 1. The maximum absolute atomic E-state index is 12.5. The van der Waals surface area contributed by atoms with Crippen LogP contribution in [-0.2, 0) is 9.59 Å². The molecule has 0 aliphatic heterocycles. The maximum atomic E-state index is 12.5. The van der Waals surface area contributed by atoms with Crippen molar-refractivity contribution >= 4 is 11.9 Å². The summed E-state index contributed by atoms with van der Waals surface area (Å²) in [6.45, 7) is 3.85. The largest absolute Gasteiger partial charge is 0.496 e. The maximum Gasteiger partial charge on any atom is 0.307 e. The Morgan fingerprint density at radius 1 is 1.26 bits per heavy atom. The number of carbonyl (C=O) groups excluding carboxylic acids is 1. The second kappa shape index (κ2) is 7.31.